The molecule has 0 heterocycles. The lowest BCUT2D eigenvalue weighted by atomic mass is 9.95. The summed E-state index contributed by atoms with van der Waals surface area (Å²) in [6, 6.07) is 9.35. The molecular formula is C11H10INO2. The Balaban J connectivity index is 2.89. The Morgan fingerprint density at radius 1 is 1.60 bits per heavy atom. The number of halogens is 1. The quantitative estimate of drug-likeness (QED) is 0.869. The fourth-order valence-electron chi connectivity index (χ4n) is 1.36. The predicted octanol–water partition coefficient (Wildman–Crippen LogP) is 2.76. The van der Waals surface area contributed by atoms with Gasteiger partial charge in [-0.05, 0) is 46.7 Å². The first-order valence-corrected chi connectivity index (χ1v) is 5.58. The molecule has 3 nitrogen and oxygen atoms in total. The van der Waals surface area contributed by atoms with E-state index in [4.69, 9.17) is 10.4 Å². The summed E-state index contributed by atoms with van der Waals surface area (Å²) in [4.78, 5) is 11.0. The average Bonchev–Trinajstić information content (AvgIpc) is 2.18. The number of hydrogen-bond donors (Lipinski definition) is 1. The number of nitriles is 1. The highest BCUT2D eigenvalue weighted by Crippen LogP contribution is 2.22. The summed E-state index contributed by atoms with van der Waals surface area (Å²) in [6.07, 6.45) is 0.633. The molecule has 0 aromatic heterocycles. The van der Waals surface area contributed by atoms with Gasteiger partial charge in [-0.1, -0.05) is 12.1 Å². The van der Waals surface area contributed by atoms with Crippen LogP contribution in [0.2, 0.25) is 0 Å². The van der Waals surface area contributed by atoms with Gasteiger partial charge < -0.3 is 5.11 Å². The van der Waals surface area contributed by atoms with Crippen molar-refractivity contribution >= 4 is 28.6 Å². The number of carboxylic acid groups (broad SMARTS) is 1. The number of carboxylic acids is 1. The standard InChI is InChI=1S/C11H10INO2/c12-9-4-1-3-8(7-9)10(11(14)15)5-2-6-13/h1,3-4,7,10H,2,5H2,(H,14,15). The number of hydrogen-bond acceptors (Lipinski definition) is 2. The highest BCUT2D eigenvalue weighted by molar-refractivity contribution is 14.1. The second-order valence-corrected chi connectivity index (χ2v) is 4.39. The normalized spacial score (nSPS) is 11.7. The minimum atomic E-state index is -0.868. The summed E-state index contributed by atoms with van der Waals surface area (Å²) in [5.74, 6) is -1.44. The molecule has 0 radical (unpaired) electrons. The van der Waals surface area contributed by atoms with Crippen LogP contribution >= 0.6 is 22.6 Å². The van der Waals surface area contributed by atoms with Gasteiger partial charge in [0.1, 0.15) is 0 Å². The van der Waals surface area contributed by atoms with E-state index in [-0.39, 0.29) is 6.42 Å². The number of rotatable bonds is 4. The minimum absolute atomic E-state index is 0.266. The number of nitrogens with zero attached hydrogens (tertiary/aromatic N) is 1. The van der Waals surface area contributed by atoms with Crippen molar-refractivity contribution in [3.05, 3.63) is 33.4 Å². The smallest absolute Gasteiger partial charge is 0.311 e. The molecule has 0 bridgehead atoms. The van der Waals surface area contributed by atoms with E-state index in [0.717, 1.165) is 9.13 Å². The zero-order valence-corrected chi connectivity index (χ0v) is 10.1. The molecule has 78 valence electrons. The molecule has 15 heavy (non-hydrogen) atoms. The molecule has 0 aliphatic heterocycles. The van der Waals surface area contributed by atoms with Crippen LogP contribution < -0.4 is 0 Å². The van der Waals surface area contributed by atoms with Crippen molar-refractivity contribution in [1.82, 2.24) is 0 Å². The lowest BCUT2D eigenvalue weighted by Gasteiger charge is -2.10. The van der Waals surface area contributed by atoms with Crippen LogP contribution in [0.5, 0.6) is 0 Å². The number of carbonyl (C=O) groups is 1. The third-order valence-corrected chi connectivity index (χ3v) is 2.76. The van der Waals surface area contributed by atoms with Gasteiger partial charge in [0.25, 0.3) is 0 Å². The Hall–Kier alpha value is -1.09. The fraction of sp³-hybridized carbons (Fsp3) is 0.273. The maximum Gasteiger partial charge on any atom is 0.311 e. The lowest BCUT2D eigenvalue weighted by molar-refractivity contribution is -0.138. The van der Waals surface area contributed by atoms with Crippen LogP contribution in [-0.4, -0.2) is 11.1 Å². The van der Waals surface area contributed by atoms with Crippen molar-refractivity contribution in [1.29, 1.82) is 5.26 Å². The average molecular weight is 315 g/mol. The van der Waals surface area contributed by atoms with Crippen LogP contribution in [0, 0.1) is 14.9 Å². The summed E-state index contributed by atoms with van der Waals surface area (Å²) >= 11 is 2.14. The van der Waals surface area contributed by atoms with E-state index in [0.29, 0.717) is 6.42 Å². The van der Waals surface area contributed by atoms with Gasteiger partial charge in [-0.2, -0.15) is 5.26 Å². The van der Waals surface area contributed by atoms with E-state index in [1.807, 2.05) is 24.3 Å². The zero-order valence-electron chi connectivity index (χ0n) is 7.98. The summed E-state index contributed by atoms with van der Waals surface area (Å²) < 4.78 is 1.01. The highest BCUT2D eigenvalue weighted by Gasteiger charge is 2.19. The minimum Gasteiger partial charge on any atom is -0.481 e. The summed E-state index contributed by atoms with van der Waals surface area (Å²) in [5.41, 5.74) is 0.768. The topological polar surface area (TPSA) is 61.1 Å². The fourth-order valence-corrected chi connectivity index (χ4v) is 1.93. The largest absolute Gasteiger partial charge is 0.481 e. The molecule has 0 spiro atoms. The number of aliphatic carboxylic acids is 1. The van der Waals surface area contributed by atoms with Crippen LogP contribution in [0.15, 0.2) is 24.3 Å². The van der Waals surface area contributed by atoms with Crippen molar-refractivity contribution in [2.75, 3.05) is 0 Å². The van der Waals surface area contributed by atoms with Crippen molar-refractivity contribution in [2.24, 2.45) is 0 Å². The maximum absolute atomic E-state index is 11.0. The van der Waals surface area contributed by atoms with Crippen LogP contribution in [0.3, 0.4) is 0 Å². The molecule has 0 aliphatic rings. The van der Waals surface area contributed by atoms with Crippen molar-refractivity contribution in [3.63, 3.8) is 0 Å². The van der Waals surface area contributed by atoms with Crippen LogP contribution in [0.25, 0.3) is 0 Å². The Labute approximate surface area is 102 Å². The Morgan fingerprint density at radius 3 is 2.87 bits per heavy atom. The zero-order chi connectivity index (χ0) is 11.3. The maximum atomic E-state index is 11.0. The molecule has 0 saturated heterocycles. The molecule has 1 aromatic carbocycles. The molecule has 1 aromatic rings. The summed E-state index contributed by atoms with van der Waals surface area (Å²) in [7, 11) is 0. The second kappa shape index (κ2) is 5.71. The molecule has 1 atom stereocenters. The SMILES string of the molecule is N#CCCC(C(=O)O)c1cccc(I)c1. The Morgan fingerprint density at radius 2 is 2.33 bits per heavy atom. The summed E-state index contributed by atoms with van der Waals surface area (Å²) in [6.45, 7) is 0. The van der Waals surface area contributed by atoms with E-state index in [1.54, 1.807) is 6.07 Å². The van der Waals surface area contributed by atoms with Gasteiger partial charge in [0.15, 0.2) is 0 Å². The first-order valence-electron chi connectivity index (χ1n) is 4.50. The Kier molecular flexibility index (Phi) is 4.56. The van der Waals surface area contributed by atoms with Gasteiger partial charge in [0.2, 0.25) is 0 Å². The van der Waals surface area contributed by atoms with E-state index >= 15 is 0 Å². The molecule has 1 rings (SSSR count). The van der Waals surface area contributed by atoms with Crippen molar-refractivity contribution in [3.8, 4) is 6.07 Å². The van der Waals surface area contributed by atoms with E-state index < -0.39 is 11.9 Å². The monoisotopic (exact) mass is 315 g/mol. The molecular weight excluding hydrogens is 305 g/mol. The molecule has 0 saturated carbocycles. The predicted molar refractivity (Wildman–Crippen MR) is 64.4 cm³/mol. The summed E-state index contributed by atoms with van der Waals surface area (Å²) in [5, 5.41) is 17.5. The third-order valence-electron chi connectivity index (χ3n) is 2.09. The molecule has 1 unspecified atom stereocenters. The van der Waals surface area contributed by atoms with Gasteiger partial charge in [0, 0.05) is 9.99 Å². The van der Waals surface area contributed by atoms with E-state index in [2.05, 4.69) is 22.6 Å². The van der Waals surface area contributed by atoms with Gasteiger partial charge >= 0.3 is 5.97 Å². The second-order valence-electron chi connectivity index (χ2n) is 3.14. The highest BCUT2D eigenvalue weighted by atomic mass is 127. The number of benzene rings is 1. The van der Waals surface area contributed by atoms with Crippen LogP contribution in [0.1, 0.15) is 24.3 Å². The Bertz CT molecular complexity index is 398. The van der Waals surface area contributed by atoms with Gasteiger partial charge in [0.05, 0.1) is 12.0 Å². The molecule has 1 N–H and O–H groups in total. The van der Waals surface area contributed by atoms with Crippen molar-refractivity contribution < 1.29 is 9.90 Å². The van der Waals surface area contributed by atoms with Crippen LogP contribution in [0.4, 0.5) is 0 Å². The molecule has 0 aliphatic carbocycles. The van der Waals surface area contributed by atoms with E-state index in [1.165, 1.54) is 0 Å². The molecule has 4 heteroatoms. The molecule has 0 amide bonds. The lowest BCUT2D eigenvalue weighted by Crippen LogP contribution is -2.11. The van der Waals surface area contributed by atoms with E-state index in [9.17, 15) is 4.79 Å². The van der Waals surface area contributed by atoms with Gasteiger partial charge in [-0.15, -0.1) is 0 Å². The van der Waals surface area contributed by atoms with Crippen molar-refractivity contribution in [2.45, 2.75) is 18.8 Å². The van der Waals surface area contributed by atoms with Gasteiger partial charge in [-0.3, -0.25) is 4.79 Å². The first-order chi connectivity index (χ1) is 7.15. The van der Waals surface area contributed by atoms with Gasteiger partial charge in [-0.25, -0.2) is 0 Å². The van der Waals surface area contributed by atoms with Crippen LogP contribution in [-0.2, 0) is 4.79 Å². The third kappa shape index (κ3) is 3.51. The molecule has 0 fully saturated rings. The first kappa shape index (κ1) is 12.0.